The zero-order valence-electron chi connectivity index (χ0n) is 8.02. The quantitative estimate of drug-likeness (QED) is 0.702. The zero-order chi connectivity index (χ0) is 9.47. The molecule has 1 saturated heterocycles. The summed E-state index contributed by atoms with van der Waals surface area (Å²) in [6.45, 7) is 3.68. The highest BCUT2D eigenvalue weighted by Crippen LogP contribution is 2.61. The van der Waals surface area contributed by atoms with Crippen LogP contribution in [0.25, 0.3) is 0 Å². The highest BCUT2D eigenvalue weighted by atomic mass is 19.3. The van der Waals surface area contributed by atoms with Gasteiger partial charge in [0.05, 0.1) is 0 Å². The van der Waals surface area contributed by atoms with E-state index in [0.717, 1.165) is 25.9 Å². The minimum atomic E-state index is -2.35. The summed E-state index contributed by atoms with van der Waals surface area (Å²) < 4.78 is 26.4. The van der Waals surface area contributed by atoms with E-state index in [9.17, 15) is 8.78 Å². The van der Waals surface area contributed by atoms with Gasteiger partial charge in [0, 0.05) is 11.8 Å². The minimum Gasteiger partial charge on any atom is -0.316 e. The van der Waals surface area contributed by atoms with Gasteiger partial charge in [0.1, 0.15) is 0 Å². The summed E-state index contributed by atoms with van der Waals surface area (Å²) in [7, 11) is 0. The molecule has 76 valence electrons. The highest BCUT2D eigenvalue weighted by molar-refractivity contribution is 5.08. The molecule has 0 aromatic rings. The zero-order valence-corrected chi connectivity index (χ0v) is 8.02. The summed E-state index contributed by atoms with van der Waals surface area (Å²) in [5, 5.41) is 3.21. The van der Waals surface area contributed by atoms with E-state index in [1.165, 1.54) is 0 Å². The van der Waals surface area contributed by atoms with Gasteiger partial charge < -0.3 is 5.32 Å². The fraction of sp³-hybridized carbons (Fsp3) is 1.00. The van der Waals surface area contributed by atoms with Crippen LogP contribution in [0.15, 0.2) is 0 Å². The fourth-order valence-corrected chi connectivity index (χ4v) is 2.77. The second-order valence-corrected chi connectivity index (χ2v) is 4.32. The molecule has 1 aliphatic heterocycles. The molecule has 2 rings (SSSR count). The third-order valence-corrected chi connectivity index (χ3v) is 3.55. The summed E-state index contributed by atoms with van der Waals surface area (Å²) in [5.41, 5.74) is 0. The Hall–Kier alpha value is -0.180. The predicted octanol–water partition coefficient (Wildman–Crippen LogP) is 2.28. The number of hydrogen-bond donors (Lipinski definition) is 1. The number of hydrogen-bond acceptors (Lipinski definition) is 1. The Bertz CT molecular complexity index is 187. The molecule has 1 nitrogen and oxygen atoms in total. The first-order valence-corrected chi connectivity index (χ1v) is 5.26. The largest absolute Gasteiger partial charge is 0.316 e. The van der Waals surface area contributed by atoms with Gasteiger partial charge in [0.15, 0.2) is 0 Å². The van der Waals surface area contributed by atoms with Crippen molar-refractivity contribution in [3.05, 3.63) is 0 Å². The number of halogens is 2. The molecule has 1 heterocycles. The molecule has 1 saturated carbocycles. The maximum Gasteiger partial charge on any atom is 0.254 e. The van der Waals surface area contributed by atoms with E-state index < -0.39 is 5.92 Å². The lowest BCUT2D eigenvalue weighted by Gasteiger charge is -2.22. The predicted molar refractivity (Wildman–Crippen MR) is 47.8 cm³/mol. The van der Waals surface area contributed by atoms with E-state index in [1.807, 2.05) is 6.92 Å². The first-order valence-electron chi connectivity index (χ1n) is 5.26. The van der Waals surface area contributed by atoms with Crippen molar-refractivity contribution in [1.29, 1.82) is 0 Å². The molecular weight excluding hydrogens is 172 g/mol. The number of rotatable bonds is 2. The molecule has 13 heavy (non-hydrogen) atoms. The Morgan fingerprint density at radius 2 is 2.23 bits per heavy atom. The molecular formula is C10H17F2N. The molecule has 2 aliphatic rings. The van der Waals surface area contributed by atoms with E-state index in [0.29, 0.717) is 6.42 Å². The van der Waals surface area contributed by atoms with E-state index in [1.54, 1.807) is 0 Å². The molecule has 1 aliphatic carbocycles. The lowest BCUT2D eigenvalue weighted by Crippen LogP contribution is -2.32. The summed E-state index contributed by atoms with van der Waals surface area (Å²) in [6.07, 6.45) is 2.69. The molecule has 3 unspecified atom stereocenters. The van der Waals surface area contributed by atoms with Gasteiger partial charge in [-0.05, 0) is 38.3 Å². The van der Waals surface area contributed by atoms with Crippen molar-refractivity contribution in [1.82, 2.24) is 5.32 Å². The maximum absolute atomic E-state index is 13.2. The van der Waals surface area contributed by atoms with Crippen LogP contribution in [0.4, 0.5) is 8.78 Å². The van der Waals surface area contributed by atoms with Crippen LogP contribution in [-0.4, -0.2) is 19.0 Å². The van der Waals surface area contributed by atoms with Crippen LogP contribution >= 0.6 is 0 Å². The third kappa shape index (κ3) is 1.47. The number of piperidine rings is 1. The molecule has 0 spiro atoms. The van der Waals surface area contributed by atoms with E-state index in [-0.39, 0.29) is 17.8 Å². The summed E-state index contributed by atoms with van der Waals surface area (Å²) >= 11 is 0. The second-order valence-electron chi connectivity index (χ2n) is 4.32. The monoisotopic (exact) mass is 189 g/mol. The van der Waals surface area contributed by atoms with Gasteiger partial charge >= 0.3 is 0 Å². The van der Waals surface area contributed by atoms with Crippen LogP contribution in [0.5, 0.6) is 0 Å². The van der Waals surface area contributed by atoms with Crippen molar-refractivity contribution in [3.8, 4) is 0 Å². The number of alkyl halides is 2. The van der Waals surface area contributed by atoms with Crippen molar-refractivity contribution in [2.45, 2.75) is 32.1 Å². The summed E-state index contributed by atoms with van der Waals surface area (Å²) in [6, 6.07) is 0. The lowest BCUT2D eigenvalue weighted by atomic mass is 9.93. The lowest BCUT2D eigenvalue weighted by molar-refractivity contribution is 0.0701. The van der Waals surface area contributed by atoms with Crippen LogP contribution in [0.1, 0.15) is 26.2 Å². The van der Waals surface area contributed by atoms with Gasteiger partial charge in [0.25, 0.3) is 5.92 Å². The first kappa shape index (κ1) is 9.38. The normalized spacial score (nSPS) is 43.2. The highest BCUT2D eigenvalue weighted by Gasteiger charge is 2.68. The Labute approximate surface area is 77.9 Å². The summed E-state index contributed by atoms with van der Waals surface area (Å²) in [4.78, 5) is 0. The van der Waals surface area contributed by atoms with Crippen LogP contribution in [0.3, 0.4) is 0 Å². The molecule has 3 atom stereocenters. The number of nitrogens with one attached hydrogen (secondary N) is 1. The van der Waals surface area contributed by atoms with E-state index in [2.05, 4.69) is 5.32 Å². The smallest absolute Gasteiger partial charge is 0.254 e. The second kappa shape index (κ2) is 3.19. The SMILES string of the molecule is CCC1C(C2CCCNC2)C1(F)F. The average Bonchev–Trinajstić information content (AvgIpc) is 2.69. The average molecular weight is 189 g/mol. The molecule has 1 N–H and O–H groups in total. The maximum atomic E-state index is 13.2. The van der Waals surface area contributed by atoms with Crippen molar-refractivity contribution in [2.24, 2.45) is 17.8 Å². The Kier molecular flexibility index (Phi) is 2.30. The van der Waals surface area contributed by atoms with Crippen LogP contribution in [0, 0.1) is 17.8 Å². The van der Waals surface area contributed by atoms with E-state index in [4.69, 9.17) is 0 Å². The Morgan fingerprint density at radius 3 is 2.69 bits per heavy atom. The summed E-state index contributed by atoms with van der Waals surface area (Å²) in [5.74, 6) is -2.75. The Morgan fingerprint density at radius 1 is 1.46 bits per heavy atom. The van der Waals surface area contributed by atoms with Crippen LogP contribution < -0.4 is 5.32 Å². The molecule has 0 bridgehead atoms. The van der Waals surface area contributed by atoms with Crippen LogP contribution in [0.2, 0.25) is 0 Å². The van der Waals surface area contributed by atoms with Gasteiger partial charge in [-0.3, -0.25) is 0 Å². The molecule has 0 aromatic heterocycles. The van der Waals surface area contributed by atoms with Gasteiger partial charge in [-0.2, -0.15) is 0 Å². The standard InChI is InChI=1S/C10H17F2N/c1-2-8-9(10(8,11)12)7-4-3-5-13-6-7/h7-9,13H,2-6H2,1H3. The molecule has 3 heteroatoms. The van der Waals surface area contributed by atoms with Gasteiger partial charge in [-0.25, -0.2) is 8.78 Å². The van der Waals surface area contributed by atoms with Crippen molar-refractivity contribution in [2.75, 3.05) is 13.1 Å². The van der Waals surface area contributed by atoms with Crippen molar-refractivity contribution in [3.63, 3.8) is 0 Å². The molecule has 0 amide bonds. The van der Waals surface area contributed by atoms with Gasteiger partial charge in [-0.1, -0.05) is 6.92 Å². The van der Waals surface area contributed by atoms with E-state index >= 15 is 0 Å². The molecule has 0 radical (unpaired) electrons. The first-order chi connectivity index (χ1) is 6.18. The fourth-order valence-electron chi connectivity index (χ4n) is 2.77. The van der Waals surface area contributed by atoms with Gasteiger partial charge in [-0.15, -0.1) is 0 Å². The van der Waals surface area contributed by atoms with Gasteiger partial charge in [0.2, 0.25) is 0 Å². The molecule has 2 fully saturated rings. The van der Waals surface area contributed by atoms with Crippen molar-refractivity contribution >= 4 is 0 Å². The third-order valence-electron chi connectivity index (χ3n) is 3.55. The van der Waals surface area contributed by atoms with Crippen LogP contribution in [-0.2, 0) is 0 Å². The topological polar surface area (TPSA) is 12.0 Å². The minimum absolute atomic E-state index is 0.230. The van der Waals surface area contributed by atoms with Crippen molar-refractivity contribution < 1.29 is 8.78 Å². The molecule has 0 aromatic carbocycles. The Balaban J connectivity index is 1.94.